The van der Waals surface area contributed by atoms with Crippen molar-refractivity contribution in [1.82, 2.24) is 0 Å². The molecule has 0 spiro atoms. The average molecular weight is 631 g/mol. The van der Waals surface area contributed by atoms with Crippen LogP contribution in [-0.4, -0.2) is 16.8 Å². The molecule has 0 unspecified atom stereocenters. The van der Waals surface area contributed by atoms with Crippen molar-refractivity contribution in [1.29, 1.82) is 0 Å². The molecule has 6 aromatic rings. The first-order valence-electron chi connectivity index (χ1n) is 14.4. The van der Waals surface area contributed by atoms with E-state index in [-0.39, 0.29) is 0 Å². The predicted molar refractivity (Wildman–Crippen MR) is 177 cm³/mol. The molecule has 0 aliphatic heterocycles. The van der Waals surface area contributed by atoms with Crippen molar-refractivity contribution in [2.75, 3.05) is 0 Å². The van der Waals surface area contributed by atoms with Gasteiger partial charge in [-0.2, -0.15) is 16.8 Å². The molecule has 6 rings (SSSR count). The molecule has 5 nitrogen and oxygen atoms in total. The van der Waals surface area contributed by atoms with Crippen LogP contribution in [0.15, 0.2) is 182 Å². The van der Waals surface area contributed by atoms with Crippen molar-refractivity contribution < 1.29 is 20.5 Å². The molecule has 0 heterocycles. The van der Waals surface area contributed by atoms with Gasteiger partial charge in [-0.05, 0) is 33.4 Å². The van der Waals surface area contributed by atoms with Crippen LogP contribution >= 0.6 is 0 Å². The van der Waals surface area contributed by atoms with Crippen LogP contribution in [0.1, 0.15) is 33.4 Å². The Morgan fingerprint density at radius 3 is 0.600 bits per heavy atom. The summed E-state index contributed by atoms with van der Waals surface area (Å²) in [7, 11) is -10.2. The third-order valence-corrected chi connectivity index (χ3v) is 12.4. The van der Waals surface area contributed by atoms with Gasteiger partial charge in [-0.25, -0.2) is 0 Å². The zero-order valence-corrected chi connectivity index (χ0v) is 25.8. The highest BCUT2D eigenvalue weighted by Crippen LogP contribution is 2.50. The average Bonchev–Trinajstić information content (AvgIpc) is 3.08. The Kier molecular flexibility index (Phi) is 8.25. The molecule has 0 aromatic heterocycles. The van der Waals surface area contributed by atoms with Gasteiger partial charge in [-0.3, -0.25) is 0 Å². The molecular weight excluding hydrogens is 601 g/mol. The fourth-order valence-corrected chi connectivity index (χ4v) is 10.4. The molecule has 0 aliphatic rings. The molecule has 0 saturated carbocycles. The molecule has 0 saturated heterocycles. The lowest BCUT2D eigenvalue weighted by atomic mass is 9.84. The Balaban J connectivity index is 1.69. The highest BCUT2D eigenvalue weighted by atomic mass is 32.3. The molecule has 0 amide bonds. The fraction of sp³-hybridized carbons (Fsp3) is 0.0526. The second-order valence-corrected chi connectivity index (χ2v) is 14.1. The third kappa shape index (κ3) is 5.09. The van der Waals surface area contributed by atoms with E-state index in [2.05, 4.69) is 0 Å². The summed E-state index contributed by atoms with van der Waals surface area (Å²) in [6.07, 6.45) is 0. The molecule has 0 aliphatic carbocycles. The Hall–Kier alpha value is -4.82. The van der Waals surface area contributed by atoms with E-state index >= 15 is 16.8 Å². The zero-order chi connectivity index (χ0) is 31.4. The molecule has 0 atom stereocenters. The highest BCUT2D eigenvalue weighted by molar-refractivity contribution is 8.01. The molecule has 45 heavy (non-hydrogen) atoms. The summed E-state index contributed by atoms with van der Waals surface area (Å²) in [5, 5.41) is 0. The lowest BCUT2D eigenvalue weighted by molar-refractivity contribution is 0.432. The van der Waals surface area contributed by atoms with Crippen molar-refractivity contribution >= 4 is 20.2 Å². The quantitative estimate of drug-likeness (QED) is 0.145. The van der Waals surface area contributed by atoms with E-state index in [0.29, 0.717) is 33.4 Å². The minimum Gasteiger partial charge on any atom is -0.197 e. The Morgan fingerprint density at radius 2 is 0.444 bits per heavy atom. The number of hydrogen-bond donors (Lipinski definition) is 0. The predicted octanol–water partition coefficient (Wildman–Crippen LogP) is 7.65. The van der Waals surface area contributed by atoms with E-state index < -0.39 is 29.7 Å². The van der Waals surface area contributed by atoms with Gasteiger partial charge in [-0.15, -0.1) is 3.63 Å². The van der Waals surface area contributed by atoms with Crippen LogP contribution in [0.25, 0.3) is 0 Å². The molecule has 0 N–H and O–H groups in total. The first-order valence-corrected chi connectivity index (χ1v) is 17.2. The second-order valence-electron chi connectivity index (χ2n) is 10.5. The SMILES string of the molecule is O=S(=O)(OS(=O)(=O)C(c1ccccc1)(c1ccccc1)c1ccccc1)C(c1ccccc1)(c1ccccc1)c1ccccc1. The summed E-state index contributed by atoms with van der Waals surface area (Å²) >= 11 is 0. The molecular formula is C38H30O5S2. The van der Waals surface area contributed by atoms with Gasteiger partial charge in [-0.1, -0.05) is 182 Å². The van der Waals surface area contributed by atoms with Gasteiger partial charge < -0.3 is 0 Å². The van der Waals surface area contributed by atoms with Crippen LogP contribution in [0.5, 0.6) is 0 Å². The van der Waals surface area contributed by atoms with Crippen LogP contribution in [0.2, 0.25) is 0 Å². The minimum atomic E-state index is -5.10. The standard InChI is InChI=1S/C38H30O5S2/c39-44(40,37(31-19-7-1-8-20-31,32-21-9-2-10-22-32)33-23-11-3-12-24-33)43-45(41,42)38(34-25-13-4-14-26-34,35-27-15-5-16-28-35)36-29-17-6-18-30-36/h1-30H. The van der Waals surface area contributed by atoms with Crippen molar-refractivity contribution in [2.45, 2.75) is 9.49 Å². The van der Waals surface area contributed by atoms with Gasteiger partial charge in [0.15, 0.2) is 9.49 Å². The van der Waals surface area contributed by atoms with Gasteiger partial charge >= 0.3 is 0 Å². The maximum absolute atomic E-state index is 15.2. The van der Waals surface area contributed by atoms with E-state index in [0.717, 1.165) is 0 Å². The van der Waals surface area contributed by atoms with Crippen LogP contribution in [-0.2, 0) is 33.4 Å². The van der Waals surface area contributed by atoms with Gasteiger partial charge in [0.1, 0.15) is 0 Å². The van der Waals surface area contributed by atoms with Crippen molar-refractivity contribution in [3.05, 3.63) is 215 Å². The van der Waals surface area contributed by atoms with Crippen molar-refractivity contribution in [3.63, 3.8) is 0 Å². The van der Waals surface area contributed by atoms with Crippen LogP contribution in [0, 0.1) is 0 Å². The lowest BCUT2D eigenvalue weighted by Crippen LogP contribution is -2.46. The highest BCUT2D eigenvalue weighted by Gasteiger charge is 2.57. The van der Waals surface area contributed by atoms with E-state index in [4.69, 9.17) is 3.63 Å². The molecule has 0 radical (unpaired) electrons. The topological polar surface area (TPSA) is 77.5 Å². The van der Waals surface area contributed by atoms with E-state index in [1.54, 1.807) is 182 Å². The summed E-state index contributed by atoms with van der Waals surface area (Å²) in [5.74, 6) is 0. The van der Waals surface area contributed by atoms with E-state index in [9.17, 15) is 0 Å². The molecule has 0 bridgehead atoms. The largest absolute Gasteiger partial charge is 0.300 e. The summed E-state index contributed by atoms with van der Waals surface area (Å²) in [4.78, 5) is 0. The minimum absolute atomic E-state index is 0.335. The molecule has 6 aromatic carbocycles. The van der Waals surface area contributed by atoms with E-state index in [1.165, 1.54) is 0 Å². The summed E-state index contributed by atoms with van der Waals surface area (Å²) in [6, 6.07) is 51.4. The number of rotatable bonds is 10. The Bertz CT molecular complexity index is 1720. The molecule has 224 valence electrons. The van der Waals surface area contributed by atoms with Gasteiger partial charge in [0.25, 0.3) is 20.2 Å². The molecule has 7 heteroatoms. The van der Waals surface area contributed by atoms with E-state index in [1.807, 2.05) is 0 Å². The summed E-state index contributed by atoms with van der Waals surface area (Å²) < 4.78 is 62.6. The Morgan fingerprint density at radius 1 is 0.289 bits per heavy atom. The lowest BCUT2D eigenvalue weighted by Gasteiger charge is -2.37. The smallest absolute Gasteiger partial charge is 0.197 e. The number of benzene rings is 6. The first kappa shape index (κ1) is 30.2. The normalized spacial score (nSPS) is 12.4. The fourth-order valence-electron chi connectivity index (χ4n) is 6.12. The van der Waals surface area contributed by atoms with Crippen molar-refractivity contribution in [2.24, 2.45) is 0 Å². The third-order valence-electron chi connectivity index (χ3n) is 8.01. The van der Waals surface area contributed by atoms with Crippen LogP contribution in [0.3, 0.4) is 0 Å². The summed E-state index contributed by atoms with van der Waals surface area (Å²) in [5.41, 5.74) is 2.01. The van der Waals surface area contributed by atoms with Gasteiger partial charge in [0.05, 0.1) is 0 Å². The first-order chi connectivity index (χ1) is 21.8. The monoisotopic (exact) mass is 630 g/mol. The summed E-state index contributed by atoms with van der Waals surface area (Å²) in [6.45, 7) is 0. The van der Waals surface area contributed by atoms with Crippen LogP contribution in [0.4, 0.5) is 0 Å². The number of hydrogen-bond acceptors (Lipinski definition) is 5. The van der Waals surface area contributed by atoms with Gasteiger partial charge in [0, 0.05) is 0 Å². The van der Waals surface area contributed by atoms with Crippen LogP contribution < -0.4 is 0 Å². The maximum atomic E-state index is 15.2. The second kappa shape index (κ2) is 12.3. The van der Waals surface area contributed by atoms with Crippen molar-refractivity contribution in [3.8, 4) is 0 Å². The maximum Gasteiger partial charge on any atom is 0.300 e. The zero-order valence-electron chi connectivity index (χ0n) is 24.2. The Labute approximate surface area is 264 Å². The molecule has 0 fully saturated rings. The van der Waals surface area contributed by atoms with Gasteiger partial charge in [0.2, 0.25) is 0 Å².